The van der Waals surface area contributed by atoms with Gasteiger partial charge in [-0.1, -0.05) is 0 Å². The van der Waals surface area contributed by atoms with Crippen LogP contribution < -0.4 is 0 Å². The second-order valence-electron chi connectivity index (χ2n) is 6.35. The lowest BCUT2D eigenvalue weighted by molar-refractivity contribution is 0.0624. The average Bonchev–Trinajstić information content (AvgIpc) is 3.36. The first-order valence-corrected chi connectivity index (χ1v) is 10.2. The highest BCUT2D eigenvalue weighted by Crippen LogP contribution is 2.24. The maximum atomic E-state index is 12.7. The number of piperazine rings is 1. The third kappa shape index (κ3) is 3.69. The second-order valence-corrected chi connectivity index (χ2v) is 8.53. The van der Waals surface area contributed by atoms with E-state index in [9.17, 15) is 4.79 Å². The zero-order valence-corrected chi connectivity index (χ0v) is 16.4. The lowest BCUT2D eigenvalue weighted by Crippen LogP contribution is -2.48. The molecule has 0 bridgehead atoms. The van der Waals surface area contributed by atoms with Gasteiger partial charge in [0.05, 0.1) is 11.2 Å². The van der Waals surface area contributed by atoms with Crippen molar-refractivity contribution >= 4 is 28.6 Å². The molecule has 0 aliphatic carbocycles. The van der Waals surface area contributed by atoms with Gasteiger partial charge in [0, 0.05) is 68.0 Å². The summed E-state index contributed by atoms with van der Waals surface area (Å²) in [5.74, 6) is 0.0182. The van der Waals surface area contributed by atoms with Crippen LogP contribution in [0.5, 0.6) is 0 Å². The molecule has 1 aliphatic heterocycles. The number of hydrogen-bond acceptors (Lipinski definition) is 7. The highest BCUT2D eigenvalue weighted by atomic mass is 32.1. The van der Waals surface area contributed by atoms with Crippen LogP contribution in [0.25, 0.3) is 10.6 Å². The van der Waals surface area contributed by atoms with E-state index in [0.717, 1.165) is 48.3 Å². The molecular weight excluding hydrogens is 368 g/mol. The summed E-state index contributed by atoms with van der Waals surface area (Å²) < 4.78 is 1.74. The van der Waals surface area contributed by atoms with Gasteiger partial charge in [-0.3, -0.25) is 14.4 Å². The van der Waals surface area contributed by atoms with Crippen molar-refractivity contribution in [2.24, 2.45) is 7.05 Å². The lowest BCUT2D eigenvalue weighted by atomic mass is 10.3. The molecule has 1 amide bonds. The van der Waals surface area contributed by atoms with E-state index in [1.807, 2.05) is 36.6 Å². The number of aryl methyl sites for hydroxylation is 2. The van der Waals surface area contributed by atoms with Crippen LogP contribution in [-0.4, -0.2) is 61.6 Å². The van der Waals surface area contributed by atoms with Gasteiger partial charge < -0.3 is 4.90 Å². The Bertz CT molecular complexity index is 906. The Morgan fingerprint density at radius 2 is 2.04 bits per heavy atom. The van der Waals surface area contributed by atoms with Gasteiger partial charge >= 0.3 is 0 Å². The van der Waals surface area contributed by atoms with E-state index < -0.39 is 0 Å². The first kappa shape index (κ1) is 17.3. The van der Waals surface area contributed by atoms with E-state index in [1.165, 1.54) is 16.2 Å². The number of nitrogens with zero attached hydrogens (tertiary/aromatic N) is 6. The van der Waals surface area contributed by atoms with Crippen LogP contribution in [0.2, 0.25) is 0 Å². The van der Waals surface area contributed by atoms with Gasteiger partial charge in [0.15, 0.2) is 0 Å². The van der Waals surface area contributed by atoms with Crippen LogP contribution in [0.3, 0.4) is 0 Å². The van der Waals surface area contributed by atoms with Crippen LogP contribution in [-0.2, 0) is 13.6 Å². The SMILES string of the molecule is Cc1ncc(CN2CCN(C(=O)c3csc(-c4cnn(C)c4)n3)CC2)s1. The first-order valence-electron chi connectivity index (χ1n) is 8.46. The van der Waals surface area contributed by atoms with E-state index in [1.54, 1.807) is 22.2 Å². The van der Waals surface area contributed by atoms with Gasteiger partial charge in [-0.15, -0.1) is 22.7 Å². The minimum atomic E-state index is 0.0182. The third-order valence-corrected chi connectivity index (χ3v) is 6.17. The van der Waals surface area contributed by atoms with Crippen molar-refractivity contribution < 1.29 is 4.79 Å². The number of carbonyl (C=O) groups is 1. The molecule has 26 heavy (non-hydrogen) atoms. The molecule has 1 saturated heterocycles. The summed E-state index contributed by atoms with van der Waals surface area (Å²) in [6.45, 7) is 6.16. The van der Waals surface area contributed by atoms with Crippen LogP contribution in [0.1, 0.15) is 20.4 Å². The quantitative estimate of drug-likeness (QED) is 0.686. The number of rotatable bonds is 4. The summed E-state index contributed by atoms with van der Waals surface area (Å²) in [4.78, 5) is 27.1. The molecule has 0 atom stereocenters. The molecule has 7 nitrogen and oxygen atoms in total. The van der Waals surface area contributed by atoms with Gasteiger partial charge in [0.2, 0.25) is 0 Å². The van der Waals surface area contributed by atoms with Crippen molar-refractivity contribution in [3.63, 3.8) is 0 Å². The molecule has 0 spiro atoms. The number of aromatic nitrogens is 4. The van der Waals surface area contributed by atoms with E-state index in [2.05, 4.69) is 20.0 Å². The number of thiazole rings is 2. The van der Waals surface area contributed by atoms with E-state index in [4.69, 9.17) is 0 Å². The molecule has 0 aromatic carbocycles. The molecule has 0 radical (unpaired) electrons. The molecule has 0 N–H and O–H groups in total. The van der Waals surface area contributed by atoms with Gasteiger partial charge in [0.1, 0.15) is 10.7 Å². The Labute approximate surface area is 159 Å². The molecule has 1 aliphatic rings. The molecule has 9 heteroatoms. The Hall–Kier alpha value is -2.10. The van der Waals surface area contributed by atoms with Crippen molar-refractivity contribution in [1.82, 2.24) is 29.5 Å². The molecule has 1 fully saturated rings. The summed E-state index contributed by atoms with van der Waals surface area (Å²) in [7, 11) is 1.87. The predicted octanol–water partition coefficient (Wildman–Crippen LogP) is 2.27. The Kier molecular flexibility index (Phi) is 4.84. The lowest BCUT2D eigenvalue weighted by Gasteiger charge is -2.34. The highest BCUT2D eigenvalue weighted by molar-refractivity contribution is 7.13. The van der Waals surface area contributed by atoms with Gasteiger partial charge in [0.25, 0.3) is 5.91 Å². The second kappa shape index (κ2) is 7.26. The summed E-state index contributed by atoms with van der Waals surface area (Å²) in [6.07, 6.45) is 5.63. The molecule has 3 aromatic rings. The zero-order chi connectivity index (χ0) is 18.1. The zero-order valence-electron chi connectivity index (χ0n) is 14.8. The number of amides is 1. The van der Waals surface area contributed by atoms with Crippen molar-refractivity contribution in [1.29, 1.82) is 0 Å². The fraction of sp³-hybridized carbons (Fsp3) is 0.412. The van der Waals surface area contributed by atoms with Gasteiger partial charge in [-0.05, 0) is 6.92 Å². The minimum Gasteiger partial charge on any atom is -0.335 e. The largest absolute Gasteiger partial charge is 0.335 e. The Balaban J connectivity index is 1.35. The van der Waals surface area contributed by atoms with Gasteiger partial charge in [-0.25, -0.2) is 9.97 Å². The minimum absolute atomic E-state index is 0.0182. The molecule has 3 aromatic heterocycles. The fourth-order valence-electron chi connectivity index (χ4n) is 3.01. The average molecular weight is 389 g/mol. The topological polar surface area (TPSA) is 67.2 Å². The normalized spacial score (nSPS) is 15.5. The predicted molar refractivity (Wildman–Crippen MR) is 102 cm³/mol. The summed E-state index contributed by atoms with van der Waals surface area (Å²) >= 11 is 3.22. The highest BCUT2D eigenvalue weighted by Gasteiger charge is 2.24. The van der Waals surface area contributed by atoms with E-state index >= 15 is 0 Å². The molecule has 136 valence electrons. The van der Waals surface area contributed by atoms with Gasteiger partial charge in [-0.2, -0.15) is 5.10 Å². The van der Waals surface area contributed by atoms with Crippen molar-refractivity contribution in [2.45, 2.75) is 13.5 Å². The fourth-order valence-corrected chi connectivity index (χ4v) is 4.61. The summed E-state index contributed by atoms with van der Waals surface area (Å²) in [5.41, 5.74) is 1.47. The number of carbonyl (C=O) groups excluding carboxylic acids is 1. The summed E-state index contributed by atoms with van der Waals surface area (Å²) in [5, 5.41) is 7.94. The third-order valence-electron chi connectivity index (χ3n) is 4.38. The Morgan fingerprint density at radius 3 is 2.69 bits per heavy atom. The summed E-state index contributed by atoms with van der Waals surface area (Å²) in [6, 6.07) is 0. The molecule has 0 unspecified atom stereocenters. The number of hydrogen-bond donors (Lipinski definition) is 0. The van der Waals surface area contributed by atoms with Crippen molar-refractivity contribution in [3.05, 3.63) is 39.5 Å². The molecule has 4 heterocycles. The van der Waals surface area contributed by atoms with Crippen molar-refractivity contribution in [2.75, 3.05) is 26.2 Å². The van der Waals surface area contributed by atoms with E-state index in [0.29, 0.717) is 5.69 Å². The first-order chi connectivity index (χ1) is 12.6. The van der Waals surface area contributed by atoms with Crippen LogP contribution >= 0.6 is 22.7 Å². The standard InChI is InChI=1S/C17H20N6OS2/c1-12-18-8-14(26-12)10-22-3-5-23(6-4-22)17(24)15-11-25-16(20-15)13-7-19-21(2)9-13/h7-9,11H,3-6,10H2,1-2H3. The van der Waals surface area contributed by atoms with Crippen LogP contribution in [0.4, 0.5) is 0 Å². The maximum absolute atomic E-state index is 12.7. The van der Waals surface area contributed by atoms with Crippen LogP contribution in [0, 0.1) is 6.92 Å². The van der Waals surface area contributed by atoms with Crippen LogP contribution in [0.15, 0.2) is 24.0 Å². The monoisotopic (exact) mass is 388 g/mol. The van der Waals surface area contributed by atoms with Crippen molar-refractivity contribution in [3.8, 4) is 10.6 Å². The molecule has 0 saturated carbocycles. The molecule has 4 rings (SSSR count). The maximum Gasteiger partial charge on any atom is 0.273 e. The smallest absolute Gasteiger partial charge is 0.273 e. The Morgan fingerprint density at radius 1 is 1.23 bits per heavy atom. The molecular formula is C17H20N6OS2. The van der Waals surface area contributed by atoms with E-state index in [-0.39, 0.29) is 5.91 Å².